The number of amides is 1. The van der Waals surface area contributed by atoms with Crippen molar-refractivity contribution in [3.05, 3.63) is 130 Å². The summed E-state index contributed by atoms with van der Waals surface area (Å²) < 4.78 is 11.8. The van der Waals surface area contributed by atoms with Crippen LogP contribution in [0.25, 0.3) is 0 Å². The molecule has 0 heterocycles. The molecule has 0 aliphatic heterocycles. The number of benzene rings is 4. The Kier molecular flexibility index (Phi) is 7.93. The zero-order valence-electron chi connectivity index (χ0n) is 18.4. The van der Waals surface area contributed by atoms with Crippen molar-refractivity contribution < 1.29 is 14.3 Å². The lowest BCUT2D eigenvalue weighted by molar-refractivity contribution is 0.0950. The number of carbonyl (C=O) groups is 1. The minimum atomic E-state index is -0.370. The quantitative estimate of drug-likeness (QED) is 0.232. The monoisotopic (exact) mass is 470 g/mol. The van der Waals surface area contributed by atoms with Gasteiger partial charge in [0, 0.05) is 10.6 Å². The van der Waals surface area contributed by atoms with E-state index in [0.29, 0.717) is 35.3 Å². The summed E-state index contributed by atoms with van der Waals surface area (Å²) in [5.74, 6) is 0.776. The molecular weight excluding hydrogens is 448 g/mol. The number of nitrogens with zero attached hydrogens (tertiary/aromatic N) is 1. The standard InChI is InChI=1S/C28H23ClN2O3/c29-24-16-14-22(15-17-24)20-34-27-13-7-5-11-25(27)28(32)31-30-18-23-10-4-6-12-26(23)33-19-21-8-2-1-3-9-21/h1-18H,19-20H2,(H,31,32)/b30-18+. The first kappa shape index (κ1) is 23.1. The van der Waals surface area contributed by atoms with Gasteiger partial charge in [0.1, 0.15) is 24.7 Å². The Morgan fingerprint density at radius 1 is 0.735 bits per heavy atom. The molecule has 0 radical (unpaired) electrons. The maximum absolute atomic E-state index is 12.8. The number of halogens is 1. The Bertz CT molecular complexity index is 1260. The molecule has 0 fully saturated rings. The highest BCUT2D eigenvalue weighted by molar-refractivity contribution is 6.30. The summed E-state index contributed by atoms with van der Waals surface area (Å²) in [6.07, 6.45) is 1.56. The third-order valence-electron chi connectivity index (χ3n) is 4.97. The minimum Gasteiger partial charge on any atom is -0.488 e. The van der Waals surface area contributed by atoms with E-state index in [4.69, 9.17) is 21.1 Å². The molecule has 6 heteroatoms. The number of rotatable bonds is 9. The molecule has 4 aromatic rings. The number of nitrogens with one attached hydrogen (secondary N) is 1. The van der Waals surface area contributed by atoms with Crippen LogP contribution in [0.4, 0.5) is 0 Å². The second-order valence-electron chi connectivity index (χ2n) is 7.42. The topological polar surface area (TPSA) is 59.9 Å². The van der Waals surface area contributed by atoms with Gasteiger partial charge < -0.3 is 9.47 Å². The van der Waals surface area contributed by atoms with Crippen LogP contribution in [0.3, 0.4) is 0 Å². The summed E-state index contributed by atoms with van der Waals surface area (Å²) >= 11 is 5.93. The largest absolute Gasteiger partial charge is 0.488 e. The van der Waals surface area contributed by atoms with E-state index in [-0.39, 0.29) is 5.91 Å². The maximum Gasteiger partial charge on any atom is 0.275 e. The van der Waals surface area contributed by atoms with Crippen molar-refractivity contribution in [2.75, 3.05) is 0 Å². The average Bonchev–Trinajstić information content (AvgIpc) is 2.88. The van der Waals surface area contributed by atoms with Gasteiger partial charge in [-0.2, -0.15) is 5.10 Å². The summed E-state index contributed by atoms with van der Waals surface area (Å²) in [7, 11) is 0. The van der Waals surface area contributed by atoms with E-state index in [1.54, 1.807) is 36.5 Å². The second kappa shape index (κ2) is 11.7. The molecule has 170 valence electrons. The highest BCUT2D eigenvalue weighted by Gasteiger charge is 2.12. The molecule has 5 nitrogen and oxygen atoms in total. The Labute approximate surface area is 203 Å². The highest BCUT2D eigenvalue weighted by Crippen LogP contribution is 2.21. The lowest BCUT2D eigenvalue weighted by Crippen LogP contribution is -2.18. The van der Waals surface area contributed by atoms with Crippen LogP contribution in [0.2, 0.25) is 5.02 Å². The molecule has 0 aromatic heterocycles. The molecule has 0 aliphatic rings. The normalized spacial score (nSPS) is 10.7. The Morgan fingerprint density at radius 2 is 1.32 bits per heavy atom. The van der Waals surface area contributed by atoms with Gasteiger partial charge in [0.2, 0.25) is 0 Å². The van der Waals surface area contributed by atoms with Crippen LogP contribution in [0.15, 0.2) is 108 Å². The molecule has 0 spiro atoms. The lowest BCUT2D eigenvalue weighted by atomic mass is 10.2. The number of carbonyl (C=O) groups excluding carboxylic acids is 1. The highest BCUT2D eigenvalue weighted by atomic mass is 35.5. The van der Waals surface area contributed by atoms with Crippen molar-refractivity contribution in [3.63, 3.8) is 0 Å². The van der Waals surface area contributed by atoms with Crippen molar-refractivity contribution in [3.8, 4) is 11.5 Å². The van der Waals surface area contributed by atoms with E-state index in [9.17, 15) is 4.79 Å². The molecule has 1 N–H and O–H groups in total. The van der Waals surface area contributed by atoms with Crippen LogP contribution in [0.5, 0.6) is 11.5 Å². The minimum absolute atomic E-state index is 0.316. The van der Waals surface area contributed by atoms with Gasteiger partial charge in [-0.1, -0.05) is 78.3 Å². The first-order chi connectivity index (χ1) is 16.7. The van der Waals surface area contributed by atoms with Gasteiger partial charge in [-0.05, 0) is 47.5 Å². The first-order valence-electron chi connectivity index (χ1n) is 10.7. The van der Waals surface area contributed by atoms with Gasteiger partial charge in [-0.25, -0.2) is 5.43 Å². The van der Waals surface area contributed by atoms with E-state index >= 15 is 0 Å². The van der Waals surface area contributed by atoms with Crippen LogP contribution in [-0.2, 0) is 13.2 Å². The zero-order valence-corrected chi connectivity index (χ0v) is 19.1. The van der Waals surface area contributed by atoms with E-state index in [1.165, 1.54) is 0 Å². The molecule has 0 unspecified atom stereocenters. The molecule has 4 rings (SSSR count). The van der Waals surface area contributed by atoms with Gasteiger partial charge in [-0.3, -0.25) is 4.79 Å². The summed E-state index contributed by atoms with van der Waals surface area (Å²) in [5.41, 5.74) is 5.73. The summed E-state index contributed by atoms with van der Waals surface area (Å²) in [6, 6.07) is 31.8. The van der Waals surface area contributed by atoms with Crippen LogP contribution >= 0.6 is 11.6 Å². The van der Waals surface area contributed by atoms with Crippen LogP contribution in [-0.4, -0.2) is 12.1 Å². The van der Waals surface area contributed by atoms with E-state index < -0.39 is 0 Å². The van der Waals surface area contributed by atoms with Gasteiger partial charge in [0.15, 0.2) is 0 Å². The van der Waals surface area contributed by atoms with Gasteiger partial charge in [-0.15, -0.1) is 0 Å². The fourth-order valence-electron chi connectivity index (χ4n) is 3.20. The van der Waals surface area contributed by atoms with Crippen LogP contribution < -0.4 is 14.9 Å². The number of hydrogen-bond acceptors (Lipinski definition) is 4. The third kappa shape index (κ3) is 6.47. The molecule has 0 saturated heterocycles. The third-order valence-corrected chi connectivity index (χ3v) is 5.22. The molecule has 34 heavy (non-hydrogen) atoms. The van der Waals surface area contributed by atoms with E-state index in [1.807, 2.05) is 72.8 Å². The van der Waals surface area contributed by atoms with Crippen molar-refractivity contribution in [2.24, 2.45) is 5.10 Å². The fourth-order valence-corrected chi connectivity index (χ4v) is 3.32. The van der Waals surface area contributed by atoms with Crippen LogP contribution in [0.1, 0.15) is 27.0 Å². The Balaban J connectivity index is 1.38. The number of hydrazone groups is 1. The van der Waals surface area contributed by atoms with Crippen molar-refractivity contribution in [2.45, 2.75) is 13.2 Å². The Morgan fingerprint density at radius 3 is 2.09 bits per heavy atom. The average molecular weight is 471 g/mol. The fraction of sp³-hybridized carbons (Fsp3) is 0.0714. The number of para-hydroxylation sites is 2. The molecule has 0 bridgehead atoms. The number of ether oxygens (including phenoxy) is 2. The first-order valence-corrected chi connectivity index (χ1v) is 11.1. The van der Waals surface area contributed by atoms with Crippen molar-refractivity contribution >= 4 is 23.7 Å². The molecular formula is C28H23ClN2O3. The van der Waals surface area contributed by atoms with E-state index in [0.717, 1.165) is 16.7 Å². The van der Waals surface area contributed by atoms with E-state index in [2.05, 4.69) is 10.5 Å². The zero-order chi connectivity index (χ0) is 23.6. The summed E-state index contributed by atoms with van der Waals surface area (Å²) in [4.78, 5) is 12.8. The van der Waals surface area contributed by atoms with Crippen molar-refractivity contribution in [1.29, 1.82) is 0 Å². The molecule has 1 amide bonds. The summed E-state index contributed by atoms with van der Waals surface area (Å²) in [5, 5.41) is 4.79. The summed E-state index contributed by atoms with van der Waals surface area (Å²) in [6.45, 7) is 0.757. The van der Waals surface area contributed by atoms with Crippen LogP contribution in [0, 0.1) is 0 Å². The predicted molar refractivity (Wildman–Crippen MR) is 135 cm³/mol. The SMILES string of the molecule is O=C(N/N=C/c1ccccc1OCc1ccccc1)c1ccccc1OCc1ccc(Cl)cc1. The maximum atomic E-state index is 12.8. The van der Waals surface area contributed by atoms with Gasteiger partial charge in [0.05, 0.1) is 11.8 Å². The number of hydrogen-bond donors (Lipinski definition) is 1. The molecule has 0 atom stereocenters. The smallest absolute Gasteiger partial charge is 0.275 e. The van der Waals surface area contributed by atoms with Gasteiger partial charge >= 0.3 is 0 Å². The molecule has 0 saturated carbocycles. The molecule has 0 aliphatic carbocycles. The lowest BCUT2D eigenvalue weighted by Gasteiger charge is -2.11. The van der Waals surface area contributed by atoms with Crippen molar-refractivity contribution in [1.82, 2.24) is 5.43 Å². The van der Waals surface area contributed by atoms with Gasteiger partial charge in [0.25, 0.3) is 5.91 Å². The molecule has 4 aromatic carbocycles. The second-order valence-corrected chi connectivity index (χ2v) is 7.86. The Hall–Kier alpha value is -4.09. The predicted octanol–water partition coefficient (Wildman–Crippen LogP) is 6.26.